The van der Waals surface area contributed by atoms with E-state index in [0.29, 0.717) is 38.5 Å². The van der Waals surface area contributed by atoms with Crippen molar-refractivity contribution in [2.75, 3.05) is 26.2 Å². The Morgan fingerprint density at radius 1 is 0.932 bits per heavy atom. The van der Waals surface area contributed by atoms with Gasteiger partial charge in [-0.2, -0.15) is 0 Å². The van der Waals surface area contributed by atoms with E-state index in [2.05, 4.69) is 10.7 Å². The van der Waals surface area contributed by atoms with Gasteiger partial charge in [0.05, 0.1) is 17.0 Å². The first-order chi connectivity index (χ1) is 20.6. The van der Waals surface area contributed by atoms with Gasteiger partial charge in [0.1, 0.15) is 11.6 Å². The van der Waals surface area contributed by atoms with E-state index < -0.39 is 50.5 Å². The van der Waals surface area contributed by atoms with Crippen molar-refractivity contribution in [1.82, 2.24) is 20.7 Å². The first-order valence-electron chi connectivity index (χ1n) is 14.6. The van der Waals surface area contributed by atoms with Crippen LogP contribution < -0.4 is 15.9 Å². The highest BCUT2D eigenvalue weighted by molar-refractivity contribution is 7.89. The lowest BCUT2D eigenvalue weighted by Gasteiger charge is -2.30. The Balaban J connectivity index is 2.50. The molecule has 0 aliphatic carbocycles. The number of hydrogen-bond acceptors (Lipinski definition) is 7. The van der Waals surface area contributed by atoms with Crippen molar-refractivity contribution < 1.29 is 36.7 Å². The Bertz CT molecular complexity index is 1400. The van der Waals surface area contributed by atoms with Crippen LogP contribution >= 0.6 is 0 Å². The minimum Gasteiger partial charge on any atom is -0.390 e. The zero-order valence-corrected chi connectivity index (χ0v) is 26.6. The van der Waals surface area contributed by atoms with E-state index in [1.807, 2.05) is 13.8 Å². The molecule has 0 aliphatic rings. The van der Waals surface area contributed by atoms with Crippen molar-refractivity contribution in [2.45, 2.75) is 70.9 Å². The molecule has 0 radical (unpaired) electrons. The van der Waals surface area contributed by atoms with Crippen LogP contribution in [-0.4, -0.2) is 79.5 Å². The second kappa shape index (κ2) is 16.6. The molecule has 2 aromatic carbocycles. The molecule has 0 heterocycles. The van der Waals surface area contributed by atoms with E-state index >= 15 is 0 Å². The second-order valence-corrected chi connectivity index (χ2v) is 12.4. The zero-order valence-electron chi connectivity index (χ0n) is 25.8. The standard InChI is InChI=1S/C30H43F2N5O6S/c1-6-9-36(10-7-2)30(41)22-14-21(15-25(16-22)44(33,42)43)29(40)34-26(13-20-11-23(31)17-24(32)12-20)27(38)18-37(8-3)35-28(39)19(4)5/h11-12,14-17,19,26-27,38H,6-10,13,18H2,1-5H3,(H,34,40)(H,35,39)(H2,33,42,43). The first-order valence-corrected chi connectivity index (χ1v) is 16.1. The van der Waals surface area contributed by atoms with Gasteiger partial charge >= 0.3 is 0 Å². The van der Waals surface area contributed by atoms with Crippen molar-refractivity contribution in [3.8, 4) is 0 Å². The molecular weight excluding hydrogens is 596 g/mol. The fourth-order valence-corrected chi connectivity index (χ4v) is 5.05. The number of likely N-dealkylation sites (N-methyl/N-ethyl adjacent to an activating group) is 1. The third-order valence-electron chi connectivity index (χ3n) is 6.76. The van der Waals surface area contributed by atoms with Gasteiger partial charge in [-0.25, -0.2) is 27.3 Å². The van der Waals surface area contributed by atoms with Crippen LogP contribution in [0.3, 0.4) is 0 Å². The Kier molecular flexibility index (Phi) is 13.8. The number of nitrogens with two attached hydrogens (primary N) is 1. The Hall–Kier alpha value is -3.46. The average molecular weight is 640 g/mol. The number of nitrogens with zero attached hydrogens (tertiary/aromatic N) is 2. The van der Waals surface area contributed by atoms with E-state index in [1.54, 1.807) is 25.7 Å². The number of carbonyl (C=O) groups is 3. The van der Waals surface area contributed by atoms with Gasteiger partial charge in [-0.05, 0) is 55.2 Å². The lowest BCUT2D eigenvalue weighted by Crippen LogP contribution is -2.53. The van der Waals surface area contributed by atoms with Gasteiger partial charge in [0.2, 0.25) is 15.9 Å². The van der Waals surface area contributed by atoms with Gasteiger partial charge in [-0.3, -0.25) is 19.8 Å². The van der Waals surface area contributed by atoms with Gasteiger partial charge < -0.3 is 15.3 Å². The van der Waals surface area contributed by atoms with Gasteiger partial charge in [-0.15, -0.1) is 0 Å². The number of aliphatic hydroxyl groups is 1. The molecule has 2 atom stereocenters. The summed E-state index contributed by atoms with van der Waals surface area (Å²) in [5.74, 6) is -3.71. The molecule has 0 bridgehead atoms. The molecule has 0 aliphatic heterocycles. The van der Waals surface area contributed by atoms with Crippen molar-refractivity contribution in [1.29, 1.82) is 0 Å². The first kappa shape index (κ1) is 36.7. The minimum absolute atomic E-state index is 0.0681. The highest BCUT2D eigenvalue weighted by Crippen LogP contribution is 2.19. The number of nitrogens with one attached hydrogen (secondary N) is 2. The van der Waals surface area contributed by atoms with E-state index in [-0.39, 0.29) is 41.5 Å². The molecule has 5 N–H and O–H groups in total. The quantitative estimate of drug-likeness (QED) is 0.205. The summed E-state index contributed by atoms with van der Waals surface area (Å²) in [7, 11) is -4.34. The monoisotopic (exact) mass is 639 g/mol. The zero-order chi connectivity index (χ0) is 33.2. The molecule has 2 rings (SSSR count). The highest BCUT2D eigenvalue weighted by atomic mass is 32.2. The predicted molar refractivity (Wildman–Crippen MR) is 162 cm³/mol. The SMILES string of the molecule is CCCN(CCC)C(=O)c1cc(C(=O)NC(Cc2cc(F)cc(F)c2)C(O)CN(CC)NC(=O)C(C)C)cc(S(N)(=O)=O)c1. The number of halogens is 2. The van der Waals surface area contributed by atoms with Crippen LogP contribution in [-0.2, 0) is 21.2 Å². The number of hydrazine groups is 1. The van der Waals surface area contributed by atoms with Gasteiger partial charge in [0.25, 0.3) is 11.8 Å². The molecule has 0 aromatic heterocycles. The highest BCUT2D eigenvalue weighted by Gasteiger charge is 2.27. The number of aliphatic hydroxyl groups excluding tert-OH is 1. The lowest BCUT2D eigenvalue weighted by molar-refractivity contribution is -0.129. The number of carbonyl (C=O) groups excluding carboxylic acids is 3. The van der Waals surface area contributed by atoms with Gasteiger partial charge in [-0.1, -0.05) is 34.6 Å². The number of amides is 3. The molecule has 2 aromatic rings. The summed E-state index contributed by atoms with van der Waals surface area (Å²) < 4.78 is 52.6. The molecule has 244 valence electrons. The fraction of sp³-hybridized carbons (Fsp3) is 0.500. The molecule has 0 saturated heterocycles. The summed E-state index contributed by atoms with van der Waals surface area (Å²) in [6, 6.07) is 4.98. The molecule has 3 amide bonds. The number of primary sulfonamides is 1. The summed E-state index contributed by atoms with van der Waals surface area (Å²) in [6.45, 7) is 9.85. The van der Waals surface area contributed by atoms with Crippen LogP contribution in [0.2, 0.25) is 0 Å². The number of sulfonamides is 1. The molecule has 14 heteroatoms. The van der Waals surface area contributed by atoms with Crippen molar-refractivity contribution in [2.24, 2.45) is 11.1 Å². The van der Waals surface area contributed by atoms with Crippen molar-refractivity contribution >= 4 is 27.7 Å². The topological polar surface area (TPSA) is 162 Å². The average Bonchev–Trinajstić information content (AvgIpc) is 2.94. The predicted octanol–water partition coefficient (Wildman–Crippen LogP) is 2.59. The lowest BCUT2D eigenvalue weighted by atomic mass is 9.99. The summed E-state index contributed by atoms with van der Waals surface area (Å²) in [4.78, 5) is 40.2. The Labute approximate surface area is 257 Å². The smallest absolute Gasteiger partial charge is 0.253 e. The van der Waals surface area contributed by atoms with Crippen LogP contribution in [0.15, 0.2) is 41.3 Å². The minimum atomic E-state index is -4.34. The number of hydrogen-bond donors (Lipinski definition) is 4. The van der Waals surface area contributed by atoms with Crippen LogP contribution in [0, 0.1) is 17.6 Å². The van der Waals surface area contributed by atoms with Crippen LogP contribution in [0.25, 0.3) is 0 Å². The normalized spacial score (nSPS) is 13.1. The maximum atomic E-state index is 14.0. The molecule has 11 nitrogen and oxygen atoms in total. The Morgan fingerprint density at radius 2 is 1.50 bits per heavy atom. The van der Waals surface area contributed by atoms with Gasteiger partial charge in [0.15, 0.2) is 0 Å². The summed E-state index contributed by atoms with van der Waals surface area (Å²) in [5, 5.41) is 20.6. The van der Waals surface area contributed by atoms with Crippen LogP contribution in [0.4, 0.5) is 8.78 Å². The molecule has 0 saturated carbocycles. The third kappa shape index (κ3) is 10.9. The maximum absolute atomic E-state index is 14.0. The molecule has 2 unspecified atom stereocenters. The van der Waals surface area contributed by atoms with E-state index in [9.17, 15) is 36.7 Å². The van der Waals surface area contributed by atoms with Crippen LogP contribution in [0.5, 0.6) is 0 Å². The van der Waals surface area contributed by atoms with Crippen LogP contribution in [0.1, 0.15) is 73.7 Å². The molecule has 0 spiro atoms. The summed E-state index contributed by atoms with van der Waals surface area (Å²) in [5.41, 5.74) is 2.51. The molecular formula is C30H43F2N5O6S. The van der Waals surface area contributed by atoms with E-state index in [1.165, 1.54) is 11.1 Å². The van der Waals surface area contributed by atoms with E-state index in [0.717, 1.165) is 24.3 Å². The summed E-state index contributed by atoms with van der Waals surface area (Å²) >= 11 is 0. The van der Waals surface area contributed by atoms with E-state index in [4.69, 9.17) is 5.14 Å². The largest absolute Gasteiger partial charge is 0.390 e. The summed E-state index contributed by atoms with van der Waals surface area (Å²) in [6.07, 6.45) is -0.287. The second-order valence-electron chi connectivity index (χ2n) is 10.9. The fourth-order valence-electron chi connectivity index (χ4n) is 4.46. The maximum Gasteiger partial charge on any atom is 0.253 e. The molecule has 0 fully saturated rings. The third-order valence-corrected chi connectivity index (χ3v) is 7.65. The van der Waals surface area contributed by atoms with Crippen molar-refractivity contribution in [3.63, 3.8) is 0 Å². The van der Waals surface area contributed by atoms with Crippen molar-refractivity contribution in [3.05, 3.63) is 64.7 Å². The number of benzene rings is 2. The van der Waals surface area contributed by atoms with Gasteiger partial charge in [0, 0.05) is 49.3 Å². The number of rotatable bonds is 16. The molecule has 44 heavy (non-hydrogen) atoms. The Morgan fingerprint density at radius 3 is 2.00 bits per heavy atom.